The van der Waals surface area contributed by atoms with E-state index in [0.717, 1.165) is 0 Å². The van der Waals surface area contributed by atoms with Crippen molar-refractivity contribution in [1.29, 1.82) is 5.26 Å². The second-order valence-corrected chi connectivity index (χ2v) is 3.76. The van der Waals surface area contributed by atoms with Gasteiger partial charge in [0.25, 0.3) is 5.69 Å². The van der Waals surface area contributed by atoms with Crippen LogP contribution in [0.3, 0.4) is 0 Å². The van der Waals surface area contributed by atoms with Crippen LogP contribution in [0, 0.1) is 21.4 Å². The highest BCUT2D eigenvalue weighted by atomic mass is 35.5. The van der Waals surface area contributed by atoms with Gasteiger partial charge in [0.05, 0.1) is 22.1 Å². The average molecular weight is 276 g/mol. The van der Waals surface area contributed by atoms with Crippen LogP contribution in [0.25, 0.3) is 0 Å². The van der Waals surface area contributed by atoms with E-state index in [9.17, 15) is 10.1 Å². The minimum Gasteiger partial charge on any atom is -1.00 e. The number of pyridine rings is 1. The summed E-state index contributed by atoms with van der Waals surface area (Å²) < 4.78 is 1.84. The molecule has 0 fully saturated rings. The van der Waals surface area contributed by atoms with Gasteiger partial charge in [0.1, 0.15) is 0 Å². The van der Waals surface area contributed by atoms with E-state index >= 15 is 0 Å². The summed E-state index contributed by atoms with van der Waals surface area (Å²) in [4.78, 5) is 10.5. The third-order valence-corrected chi connectivity index (χ3v) is 2.54. The number of benzene rings is 1. The number of nitriles is 1. The summed E-state index contributed by atoms with van der Waals surface area (Å²) in [5, 5.41) is 19.7. The molecular weight excluding hydrogens is 266 g/mol. The molecule has 0 spiro atoms. The van der Waals surface area contributed by atoms with Crippen molar-refractivity contribution in [2.45, 2.75) is 6.54 Å². The molecule has 1 heterocycles. The van der Waals surface area contributed by atoms with Gasteiger partial charge < -0.3 is 12.4 Å². The predicted molar refractivity (Wildman–Crippen MR) is 63.6 cm³/mol. The quantitative estimate of drug-likeness (QED) is 0.402. The Morgan fingerprint density at radius 3 is 2.53 bits per heavy atom. The molecule has 2 rings (SSSR count). The Balaban J connectivity index is 0.00000180. The van der Waals surface area contributed by atoms with Crippen LogP contribution >= 0.6 is 0 Å². The maximum Gasteiger partial charge on any atom is 0.280 e. The number of halogens is 1. The Kier molecular flexibility index (Phi) is 4.98. The number of hydrogen-bond donors (Lipinski definition) is 0. The molecule has 0 aliphatic carbocycles. The van der Waals surface area contributed by atoms with Gasteiger partial charge in [-0.3, -0.25) is 10.1 Å². The minimum atomic E-state index is -0.459. The van der Waals surface area contributed by atoms with Crippen LogP contribution < -0.4 is 17.0 Å². The van der Waals surface area contributed by atoms with E-state index in [-0.39, 0.29) is 18.1 Å². The number of rotatable bonds is 3. The van der Waals surface area contributed by atoms with Crippen LogP contribution in [-0.2, 0) is 6.54 Å². The largest absolute Gasteiger partial charge is 1.00 e. The third kappa shape index (κ3) is 3.50. The first-order chi connectivity index (χ1) is 8.70. The third-order valence-electron chi connectivity index (χ3n) is 2.54. The molecule has 2 aromatic rings. The van der Waals surface area contributed by atoms with Gasteiger partial charge in [-0.1, -0.05) is 6.07 Å². The zero-order valence-corrected chi connectivity index (χ0v) is 10.6. The molecule has 6 heteroatoms. The van der Waals surface area contributed by atoms with Crippen molar-refractivity contribution in [1.82, 2.24) is 0 Å². The molecule has 0 N–H and O–H groups in total. The Bertz CT molecular complexity index is 624. The van der Waals surface area contributed by atoms with Gasteiger partial charge >= 0.3 is 0 Å². The zero-order chi connectivity index (χ0) is 13.0. The first-order valence-corrected chi connectivity index (χ1v) is 5.32. The lowest BCUT2D eigenvalue weighted by Gasteiger charge is -2.00. The summed E-state index contributed by atoms with van der Waals surface area (Å²) in [6.45, 7) is 0.406. The molecular formula is C13H10ClN3O2. The Morgan fingerprint density at radius 2 is 1.95 bits per heavy atom. The average Bonchev–Trinajstić information content (AvgIpc) is 2.40. The predicted octanol–water partition coefficient (Wildman–Crippen LogP) is -1.19. The first-order valence-electron chi connectivity index (χ1n) is 5.32. The molecule has 0 saturated carbocycles. The van der Waals surface area contributed by atoms with Gasteiger partial charge in [-0.2, -0.15) is 5.26 Å². The molecule has 0 bridgehead atoms. The van der Waals surface area contributed by atoms with E-state index in [1.807, 2.05) is 41.2 Å². The van der Waals surface area contributed by atoms with E-state index in [0.29, 0.717) is 17.7 Å². The molecule has 0 radical (unpaired) electrons. The normalized spacial score (nSPS) is 9.21. The molecule has 0 aliphatic heterocycles. The Labute approximate surface area is 116 Å². The molecule has 1 aromatic carbocycles. The number of nitro groups is 1. The fourth-order valence-corrected chi connectivity index (χ4v) is 1.67. The monoisotopic (exact) mass is 275 g/mol. The van der Waals surface area contributed by atoms with Gasteiger partial charge in [-0.15, -0.1) is 0 Å². The summed E-state index contributed by atoms with van der Waals surface area (Å²) >= 11 is 0. The summed E-state index contributed by atoms with van der Waals surface area (Å²) in [6, 6.07) is 12.0. The van der Waals surface area contributed by atoms with Gasteiger partial charge in [0.2, 0.25) is 0 Å². The molecule has 19 heavy (non-hydrogen) atoms. The molecule has 1 aromatic heterocycles. The molecule has 5 nitrogen and oxygen atoms in total. The molecule has 96 valence electrons. The second kappa shape index (κ2) is 6.47. The zero-order valence-electron chi connectivity index (χ0n) is 9.86. The number of nitro benzene ring substituents is 1. The maximum absolute atomic E-state index is 11.0. The van der Waals surface area contributed by atoms with Crippen molar-refractivity contribution in [3.8, 4) is 6.07 Å². The SMILES string of the molecule is N#Cc1ccc(C[n+]2ccccc2)c([N+](=O)[O-])c1.[Cl-]. The van der Waals surface area contributed by atoms with Crippen molar-refractivity contribution >= 4 is 5.69 Å². The van der Waals surface area contributed by atoms with E-state index in [4.69, 9.17) is 5.26 Å². The van der Waals surface area contributed by atoms with Crippen LogP contribution in [0.1, 0.15) is 11.1 Å². The van der Waals surface area contributed by atoms with E-state index < -0.39 is 4.92 Å². The van der Waals surface area contributed by atoms with Crippen molar-refractivity contribution in [2.24, 2.45) is 0 Å². The highest BCUT2D eigenvalue weighted by molar-refractivity contribution is 5.46. The van der Waals surface area contributed by atoms with Gasteiger partial charge in [-0.25, -0.2) is 4.57 Å². The number of hydrogen-bond acceptors (Lipinski definition) is 3. The molecule has 0 unspecified atom stereocenters. The summed E-state index contributed by atoms with van der Waals surface area (Å²) in [7, 11) is 0. The minimum absolute atomic E-state index is 0. The standard InChI is InChI=1S/C13H10N3O2.ClH/c14-9-11-4-5-12(13(8-11)16(17)18)10-15-6-2-1-3-7-15;/h1-8H,10H2;1H/q+1;/p-1. The van der Waals surface area contributed by atoms with E-state index in [2.05, 4.69) is 0 Å². The fourth-order valence-electron chi connectivity index (χ4n) is 1.67. The van der Waals surface area contributed by atoms with Crippen LogP contribution in [0.5, 0.6) is 0 Å². The number of nitrogens with zero attached hydrogens (tertiary/aromatic N) is 3. The maximum atomic E-state index is 11.0. The van der Waals surface area contributed by atoms with Gasteiger partial charge in [0.15, 0.2) is 18.9 Å². The van der Waals surface area contributed by atoms with Crippen molar-refractivity contribution < 1.29 is 21.9 Å². The second-order valence-electron chi connectivity index (χ2n) is 3.76. The van der Waals surface area contributed by atoms with Crippen molar-refractivity contribution in [3.05, 3.63) is 70.0 Å². The van der Waals surface area contributed by atoms with Gasteiger partial charge in [-0.05, 0) is 12.1 Å². The molecule has 0 aliphatic rings. The number of aromatic nitrogens is 1. The summed E-state index contributed by atoms with van der Waals surface area (Å²) in [5.74, 6) is 0. The molecule has 0 saturated heterocycles. The lowest BCUT2D eigenvalue weighted by molar-refractivity contribution is -0.688. The van der Waals surface area contributed by atoms with Crippen molar-refractivity contribution in [2.75, 3.05) is 0 Å². The highest BCUT2D eigenvalue weighted by Crippen LogP contribution is 2.19. The summed E-state index contributed by atoms with van der Waals surface area (Å²) in [5.41, 5.74) is 0.851. The van der Waals surface area contributed by atoms with Crippen molar-refractivity contribution in [3.63, 3.8) is 0 Å². The van der Waals surface area contributed by atoms with Gasteiger partial charge in [0, 0.05) is 18.2 Å². The van der Waals surface area contributed by atoms with E-state index in [1.165, 1.54) is 6.07 Å². The van der Waals surface area contributed by atoms with Crippen LogP contribution in [0.15, 0.2) is 48.8 Å². The lowest BCUT2D eigenvalue weighted by Crippen LogP contribution is -3.00. The Hall–Kier alpha value is -2.45. The molecule has 0 atom stereocenters. The lowest BCUT2D eigenvalue weighted by atomic mass is 10.1. The van der Waals surface area contributed by atoms with Crippen LogP contribution in [-0.4, -0.2) is 4.92 Å². The fraction of sp³-hybridized carbons (Fsp3) is 0.0769. The smallest absolute Gasteiger partial charge is 0.280 e. The van der Waals surface area contributed by atoms with E-state index in [1.54, 1.807) is 12.1 Å². The highest BCUT2D eigenvalue weighted by Gasteiger charge is 2.17. The topological polar surface area (TPSA) is 70.8 Å². The molecule has 0 amide bonds. The van der Waals surface area contributed by atoms with Crippen LogP contribution in [0.2, 0.25) is 0 Å². The Morgan fingerprint density at radius 1 is 1.26 bits per heavy atom. The van der Waals surface area contributed by atoms with Crippen LogP contribution in [0.4, 0.5) is 5.69 Å². The first kappa shape index (κ1) is 14.6. The summed E-state index contributed by atoms with van der Waals surface area (Å²) in [6.07, 6.45) is 3.67.